The van der Waals surface area contributed by atoms with Crippen LogP contribution in [0.1, 0.15) is 34.1 Å². The normalized spacial score (nSPS) is 54.6. The first-order valence-corrected chi connectivity index (χ1v) is 8.88. The fraction of sp³-hybridized carbons (Fsp3) is 0.737. The van der Waals surface area contributed by atoms with Crippen LogP contribution in [0.2, 0.25) is 0 Å². The second kappa shape index (κ2) is 4.80. The number of ketones is 2. The molecule has 2 bridgehead atoms. The van der Waals surface area contributed by atoms with E-state index in [0.717, 1.165) is 5.57 Å². The summed E-state index contributed by atoms with van der Waals surface area (Å²) in [5.74, 6) is -2.93. The van der Waals surface area contributed by atoms with Gasteiger partial charge in [0.2, 0.25) is 0 Å². The Kier molecular flexibility index (Phi) is 3.24. The van der Waals surface area contributed by atoms with E-state index in [4.69, 9.17) is 4.74 Å². The molecule has 3 aliphatic carbocycles. The van der Waals surface area contributed by atoms with Gasteiger partial charge in [0.1, 0.15) is 18.0 Å². The fourth-order valence-corrected chi connectivity index (χ4v) is 6.55. The number of carbonyl (C=O) groups is 3. The standard InChI is InChI=1S/C19H24O6/c1-7-5-10(20)16(23)18(3)9(7)6-11(21)19(4)12-8(2)14(25-17(12)24)13(22)15(18)19/h5,8-9,12-16,22-23H,6H2,1-4H3/t8-,9+,12-,13?,14-,15-,16?,18?,19?/m1/s1. The number of hydrogen-bond acceptors (Lipinski definition) is 6. The molecule has 0 amide bonds. The molecule has 2 N–H and O–H groups in total. The quantitative estimate of drug-likeness (QED) is 0.623. The molecule has 136 valence electrons. The van der Waals surface area contributed by atoms with Gasteiger partial charge < -0.3 is 14.9 Å². The third kappa shape index (κ3) is 1.70. The smallest absolute Gasteiger partial charge is 0.310 e. The van der Waals surface area contributed by atoms with Crippen molar-refractivity contribution in [3.8, 4) is 0 Å². The summed E-state index contributed by atoms with van der Waals surface area (Å²) >= 11 is 0. The molecule has 0 radical (unpaired) electrons. The molecular formula is C19H24O6. The summed E-state index contributed by atoms with van der Waals surface area (Å²) in [6, 6.07) is 0. The van der Waals surface area contributed by atoms with Crippen LogP contribution >= 0.6 is 0 Å². The average Bonchev–Trinajstić information content (AvgIpc) is 2.78. The molecule has 6 heteroatoms. The van der Waals surface area contributed by atoms with Crippen molar-refractivity contribution in [2.24, 2.45) is 34.5 Å². The molecule has 1 aliphatic heterocycles. The minimum atomic E-state index is -1.31. The molecule has 0 spiro atoms. The SMILES string of the molecule is CC1=CC(=O)C(O)C2(C)[C@H]1CC(=O)C1(C)[C@H]3C(=O)O[C@@H](C(O)[C@@H]12)[C@@H]3C. The van der Waals surface area contributed by atoms with E-state index in [9.17, 15) is 24.6 Å². The van der Waals surface area contributed by atoms with E-state index >= 15 is 0 Å². The van der Waals surface area contributed by atoms with Gasteiger partial charge in [-0.05, 0) is 18.9 Å². The van der Waals surface area contributed by atoms with Crippen molar-refractivity contribution in [1.29, 1.82) is 0 Å². The van der Waals surface area contributed by atoms with Crippen molar-refractivity contribution in [2.75, 3.05) is 0 Å². The Balaban J connectivity index is 1.96. The Labute approximate surface area is 146 Å². The summed E-state index contributed by atoms with van der Waals surface area (Å²) < 4.78 is 5.41. The zero-order valence-corrected chi connectivity index (χ0v) is 14.9. The van der Waals surface area contributed by atoms with E-state index < -0.39 is 52.7 Å². The third-order valence-electron chi connectivity index (χ3n) is 7.71. The number of aliphatic hydroxyl groups excluding tert-OH is 2. The maximum atomic E-state index is 13.2. The average molecular weight is 348 g/mol. The Bertz CT molecular complexity index is 725. The molecule has 3 fully saturated rings. The Morgan fingerprint density at radius 1 is 1.20 bits per heavy atom. The number of ether oxygens (including phenoxy) is 1. The number of rotatable bonds is 0. The van der Waals surface area contributed by atoms with Crippen LogP contribution in [-0.2, 0) is 19.1 Å². The first-order chi connectivity index (χ1) is 11.6. The van der Waals surface area contributed by atoms with Crippen molar-refractivity contribution in [3.05, 3.63) is 11.6 Å². The second-order valence-electron chi connectivity index (χ2n) is 8.73. The Morgan fingerprint density at radius 3 is 2.48 bits per heavy atom. The number of fused-ring (bicyclic) bond motifs is 6. The molecule has 1 heterocycles. The monoisotopic (exact) mass is 348 g/mol. The number of carbonyl (C=O) groups excluding carboxylic acids is 3. The predicted molar refractivity (Wildman–Crippen MR) is 86.1 cm³/mol. The van der Waals surface area contributed by atoms with Crippen molar-refractivity contribution in [3.63, 3.8) is 0 Å². The summed E-state index contributed by atoms with van der Waals surface area (Å²) in [7, 11) is 0. The molecule has 2 saturated carbocycles. The largest absolute Gasteiger partial charge is 0.459 e. The van der Waals surface area contributed by atoms with Gasteiger partial charge in [0.15, 0.2) is 5.78 Å². The molecule has 25 heavy (non-hydrogen) atoms. The zero-order valence-electron chi connectivity index (χ0n) is 14.9. The third-order valence-corrected chi connectivity index (χ3v) is 7.71. The lowest BCUT2D eigenvalue weighted by Gasteiger charge is -2.62. The van der Waals surface area contributed by atoms with Gasteiger partial charge in [-0.3, -0.25) is 14.4 Å². The lowest BCUT2D eigenvalue weighted by molar-refractivity contribution is -0.208. The lowest BCUT2D eigenvalue weighted by Crippen LogP contribution is -2.70. The van der Waals surface area contributed by atoms with Crippen molar-refractivity contribution in [1.82, 2.24) is 0 Å². The van der Waals surface area contributed by atoms with Crippen molar-refractivity contribution >= 4 is 17.5 Å². The van der Waals surface area contributed by atoms with Crippen LogP contribution in [0.3, 0.4) is 0 Å². The topological polar surface area (TPSA) is 101 Å². The molecule has 1 saturated heterocycles. The summed E-state index contributed by atoms with van der Waals surface area (Å²) in [5.41, 5.74) is -1.41. The van der Waals surface area contributed by atoms with Crippen LogP contribution in [0.25, 0.3) is 0 Å². The van der Waals surface area contributed by atoms with Gasteiger partial charge in [0.05, 0.1) is 12.0 Å². The number of esters is 1. The van der Waals surface area contributed by atoms with Gasteiger partial charge >= 0.3 is 5.97 Å². The predicted octanol–water partition coefficient (Wildman–Crippen LogP) is 0.646. The molecule has 4 aliphatic rings. The number of hydrogen-bond donors (Lipinski definition) is 2. The van der Waals surface area contributed by atoms with Crippen molar-refractivity contribution < 1.29 is 29.3 Å². The van der Waals surface area contributed by atoms with Gasteiger partial charge in [-0.2, -0.15) is 0 Å². The van der Waals surface area contributed by atoms with E-state index in [0.29, 0.717) is 0 Å². The number of Topliss-reactive ketones (excluding diaryl/α,β-unsaturated/α-hetero) is 1. The molecule has 4 rings (SSSR count). The molecule has 9 atom stereocenters. The van der Waals surface area contributed by atoms with Gasteiger partial charge in [0.25, 0.3) is 0 Å². The summed E-state index contributed by atoms with van der Waals surface area (Å²) in [6.07, 6.45) is -1.54. The highest BCUT2D eigenvalue weighted by Gasteiger charge is 2.74. The minimum absolute atomic E-state index is 0.0949. The van der Waals surface area contributed by atoms with Crippen molar-refractivity contribution in [2.45, 2.75) is 52.4 Å². The van der Waals surface area contributed by atoms with Gasteiger partial charge in [-0.1, -0.05) is 26.3 Å². The first kappa shape index (κ1) is 16.9. The van der Waals surface area contributed by atoms with Crippen LogP contribution < -0.4 is 0 Å². The molecule has 0 aromatic carbocycles. The highest BCUT2D eigenvalue weighted by atomic mass is 16.6. The van der Waals surface area contributed by atoms with Crippen LogP contribution in [0.4, 0.5) is 0 Å². The highest BCUT2D eigenvalue weighted by molar-refractivity contribution is 5.98. The van der Waals surface area contributed by atoms with E-state index in [-0.39, 0.29) is 24.0 Å². The Morgan fingerprint density at radius 2 is 1.84 bits per heavy atom. The van der Waals surface area contributed by atoms with E-state index in [1.807, 2.05) is 6.92 Å². The Hall–Kier alpha value is -1.53. The molecule has 4 unspecified atom stereocenters. The maximum Gasteiger partial charge on any atom is 0.310 e. The van der Waals surface area contributed by atoms with Gasteiger partial charge in [-0.25, -0.2) is 0 Å². The molecule has 0 aromatic heterocycles. The molecule has 0 aromatic rings. The van der Waals surface area contributed by atoms with Crippen LogP contribution in [0, 0.1) is 34.5 Å². The molecular weight excluding hydrogens is 324 g/mol. The van der Waals surface area contributed by atoms with E-state index in [1.54, 1.807) is 20.8 Å². The fourth-order valence-electron chi connectivity index (χ4n) is 6.55. The number of allylic oxidation sites excluding steroid dienone is 1. The number of aliphatic hydroxyl groups is 2. The second-order valence-corrected chi connectivity index (χ2v) is 8.73. The van der Waals surface area contributed by atoms with Crippen LogP contribution in [-0.4, -0.2) is 46.1 Å². The maximum absolute atomic E-state index is 13.2. The van der Waals surface area contributed by atoms with E-state index in [2.05, 4.69) is 0 Å². The first-order valence-electron chi connectivity index (χ1n) is 8.88. The lowest BCUT2D eigenvalue weighted by atomic mass is 9.40. The van der Waals surface area contributed by atoms with Gasteiger partial charge in [0, 0.05) is 29.1 Å². The van der Waals surface area contributed by atoms with E-state index in [1.165, 1.54) is 6.08 Å². The summed E-state index contributed by atoms with van der Waals surface area (Å²) in [4.78, 5) is 38.0. The zero-order chi connectivity index (χ0) is 18.5. The molecule has 6 nitrogen and oxygen atoms in total. The van der Waals surface area contributed by atoms with Crippen LogP contribution in [0.5, 0.6) is 0 Å². The van der Waals surface area contributed by atoms with Crippen LogP contribution in [0.15, 0.2) is 11.6 Å². The minimum Gasteiger partial charge on any atom is -0.459 e. The highest BCUT2D eigenvalue weighted by Crippen LogP contribution is 2.66. The summed E-state index contributed by atoms with van der Waals surface area (Å²) in [5, 5.41) is 21.9. The summed E-state index contributed by atoms with van der Waals surface area (Å²) in [6.45, 7) is 7.09. The van der Waals surface area contributed by atoms with Gasteiger partial charge in [-0.15, -0.1) is 0 Å².